The Hall–Kier alpha value is -1.46. The van der Waals surface area contributed by atoms with Crippen LogP contribution in [0.3, 0.4) is 0 Å². The fraction of sp³-hybridized carbons (Fsp3) is 0.611. The zero-order valence-corrected chi connectivity index (χ0v) is 14.4. The van der Waals surface area contributed by atoms with E-state index >= 15 is 0 Å². The van der Waals surface area contributed by atoms with Gasteiger partial charge in [0, 0.05) is 13.1 Å². The lowest BCUT2D eigenvalue weighted by Gasteiger charge is -2.35. The van der Waals surface area contributed by atoms with Crippen LogP contribution in [0.15, 0.2) is 24.3 Å². The Morgan fingerprint density at radius 3 is 2.35 bits per heavy atom. The second kappa shape index (κ2) is 7.88. The second-order valence-electron chi connectivity index (χ2n) is 6.79. The van der Waals surface area contributed by atoms with Gasteiger partial charge in [0.15, 0.2) is 0 Å². The fourth-order valence-electron chi connectivity index (χ4n) is 3.14. The molecule has 0 spiro atoms. The van der Waals surface area contributed by atoms with Gasteiger partial charge >= 0.3 is 0 Å². The van der Waals surface area contributed by atoms with Gasteiger partial charge in [-0.2, -0.15) is 0 Å². The highest BCUT2D eigenvalue weighted by molar-refractivity contribution is 5.78. The topological polar surface area (TPSA) is 41.6 Å². The molecule has 1 aromatic carbocycles. The molecule has 0 aliphatic carbocycles. The van der Waals surface area contributed by atoms with Crippen molar-refractivity contribution in [2.24, 2.45) is 5.92 Å². The minimum Gasteiger partial charge on any atom is -0.373 e. The van der Waals surface area contributed by atoms with Crippen molar-refractivity contribution in [3.8, 4) is 0 Å². The summed E-state index contributed by atoms with van der Waals surface area (Å²) < 4.78 is 18.8. The Kier molecular flexibility index (Phi) is 6.13. The van der Waals surface area contributed by atoms with E-state index in [1.54, 1.807) is 12.1 Å². The molecule has 1 N–H and O–H groups in total. The van der Waals surface area contributed by atoms with Crippen molar-refractivity contribution >= 4 is 5.91 Å². The largest absolute Gasteiger partial charge is 0.373 e. The number of carbonyl (C=O) groups is 1. The van der Waals surface area contributed by atoms with Crippen molar-refractivity contribution in [3.63, 3.8) is 0 Å². The van der Waals surface area contributed by atoms with Gasteiger partial charge in [0.05, 0.1) is 24.8 Å². The molecule has 0 bridgehead atoms. The van der Waals surface area contributed by atoms with Crippen LogP contribution in [0.2, 0.25) is 0 Å². The number of hydrogen-bond donors (Lipinski definition) is 1. The van der Waals surface area contributed by atoms with Crippen molar-refractivity contribution in [2.75, 3.05) is 19.6 Å². The van der Waals surface area contributed by atoms with Crippen molar-refractivity contribution in [1.29, 1.82) is 0 Å². The maximum atomic E-state index is 13.1. The summed E-state index contributed by atoms with van der Waals surface area (Å²) in [5, 5.41) is 3.09. The number of ether oxygens (including phenoxy) is 1. The van der Waals surface area contributed by atoms with Gasteiger partial charge in [0.25, 0.3) is 0 Å². The average molecular weight is 322 g/mol. The highest BCUT2D eigenvalue weighted by Gasteiger charge is 2.25. The monoisotopic (exact) mass is 322 g/mol. The number of halogens is 1. The standard InChI is InChI=1S/C18H27FN2O2/c1-12(2)18(15-5-7-16(19)8-6-15)20-17(22)11-21-9-13(3)23-14(4)10-21/h5-8,12-14,18H,9-11H2,1-4H3,(H,20,22). The van der Waals surface area contributed by atoms with Crippen LogP contribution in [0.25, 0.3) is 0 Å². The maximum absolute atomic E-state index is 13.1. The molecule has 0 saturated carbocycles. The number of nitrogens with one attached hydrogen (secondary N) is 1. The van der Waals surface area contributed by atoms with Crippen LogP contribution >= 0.6 is 0 Å². The Morgan fingerprint density at radius 2 is 1.83 bits per heavy atom. The van der Waals surface area contributed by atoms with Gasteiger partial charge in [-0.1, -0.05) is 26.0 Å². The molecule has 1 aliphatic rings. The second-order valence-corrected chi connectivity index (χ2v) is 6.79. The van der Waals surface area contributed by atoms with E-state index in [-0.39, 0.29) is 35.9 Å². The third kappa shape index (κ3) is 5.29. The van der Waals surface area contributed by atoms with Crippen molar-refractivity contribution in [2.45, 2.75) is 45.9 Å². The molecule has 2 rings (SSSR count). The van der Waals surface area contributed by atoms with Gasteiger partial charge < -0.3 is 10.1 Å². The first kappa shape index (κ1) is 17.9. The third-order valence-electron chi connectivity index (χ3n) is 4.07. The SMILES string of the molecule is CC1CN(CC(=O)NC(c2ccc(F)cc2)C(C)C)CC(C)O1. The average Bonchev–Trinajstić information content (AvgIpc) is 2.44. The fourth-order valence-corrected chi connectivity index (χ4v) is 3.14. The zero-order valence-electron chi connectivity index (χ0n) is 14.4. The van der Waals surface area contributed by atoms with E-state index in [0.717, 1.165) is 18.7 Å². The Labute approximate surface area is 138 Å². The minimum atomic E-state index is -0.265. The van der Waals surface area contributed by atoms with Crippen LogP contribution in [-0.2, 0) is 9.53 Å². The minimum absolute atomic E-state index is 0.00525. The van der Waals surface area contributed by atoms with Crippen molar-refractivity contribution in [3.05, 3.63) is 35.6 Å². The van der Waals surface area contributed by atoms with Crippen LogP contribution < -0.4 is 5.32 Å². The van der Waals surface area contributed by atoms with Gasteiger partial charge in [0.2, 0.25) is 5.91 Å². The molecule has 1 amide bonds. The first-order chi connectivity index (χ1) is 10.8. The Balaban J connectivity index is 1.97. The Morgan fingerprint density at radius 1 is 1.26 bits per heavy atom. The molecule has 1 saturated heterocycles. The van der Waals surface area contributed by atoms with E-state index in [2.05, 4.69) is 10.2 Å². The molecule has 0 radical (unpaired) electrons. The van der Waals surface area contributed by atoms with Crippen molar-refractivity contribution in [1.82, 2.24) is 10.2 Å². The molecular weight excluding hydrogens is 295 g/mol. The third-order valence-corrected chi connectivity index (χ3v) is 4.07. The first-order valence-corrected chi connectivity index (χ1v) is 8.27. The highest BCUT2D eigenvalue weighted by atomic mass is 19.1. The molecular formula is C18H27FN2O2. The maximum Gasteiger partial charge on any atom is 0.234 e. The van der Waals surface area contributed by atoms with Gasteiger partial charge in [-0.05, 0) is 37.5 Å². The molecule has 128 valence electrons. The summed E-state index contributed by atoms with van der Waals surface area (Å²) in [5.74, 6) is -0.0415. The molecule has 1 fully saturated rings. The van der Waals surface area contributed by atoms with Gasteiger partial charge in [-0.3, -0.25) is 9.69 Å². The number of rotatable bonds is 5. The summed E-state index contributed by atoms with van der Waals surface area (Å²) in [6, 6.07) is 6.22. The van der Waals surface area contributed by atoms with E-state index in [4.69, 9.17) is 4.74 Å². The van der Waals surface area contributed by atoms with Crippen LogP contribution in [0.5, 0.6) is 0 Å². The molecule has 3 atom stereocenters. The number of nitrogens with zero attached hydrogens (tertiary/aromatic N) is 1. The number of carbonyl (C=O) groups excluding carboxylic acids is 1. The molecule has 1 aliphatic heterocycles. The van der Waals surface area contributed by atoms with E-state index in [0.29, 0.717) is 6.54 Å². The summed E-state index contributed by atoms with van der Waals surface area (Å²) in [4.78, 5) is 14.5. The summed E-state index contributed by atoms with van der Waals surface area (Å²) in [5.41, 5.74) is 0.929. The summed E-state index contributed by atoms with van der Waals surface area (Å²) in [6.07, 6.45) is 0.286. The van der Waals surface area contributed by atoms with Crippen LogP contribution in [0.4, 0.5) is 4.39 Å². The molecule has 5 heteroatoms. The van der Waals surface area contributed by atoms with Gasteiger partial charge in [-0.15, -0.1) is 0 Å². The van der Waals surface area contributed by atoms with Crippen LogP contribution in [0, 0.1) is 11.7 Å². The number of hydrogen-bond acceptors (Lipinski definition) is 3. The summed E-state index contributed by atoms with van der Waals surface area (Å²) >= 11 is 0. The predicted molar refractivity (Wildman–Crippen MR) is 88.6 cm³/mol. The number of benzene rings is 1. The normalized spacial score (nSPS) is 23.7. The lowest BCUT2D eigenvalue weighted by Crippen LogP contribution is -2.49. The summed E-state index contributed by atoms with van der Waals surface area (Å²) in [7, 11) is 0. The van der Waals surface area contributed by atoms with Gasteiger partial charge in [0.1, 0.15) is 5.82 Å². The molecule has 1 heterocycles. The molecule has 3 unspecified atom stereocenters. The molecule has 0 aromatic heterocycles. The summed E-state index contributed by atoms with van der Waals surface area (Å²) in [6.45, 7) is 10.0. The molecule has 23 heavy (non-hydrogen) atoms. The van der Waals surface area contributed by atoms with E-state index in [1.165, 1.54) is 12.1 Å². The predicted octanol–water partition coefficient (Wildman–Crippen LogP) is 2.75. The zero-order chi connectivity index (χ0) is 17.0. The van der Waals surface area contributed by atoms with Crippen molar-refractivity contribution < 1.29 is 13.9 Å². The molecule has 1 aromatic rings. The highest BCUT2D eigenvalue weighted by Crippen LogP contribution is 2.22. The van der Waals surface area contributed by atoms with Crippen LogP contribution in [0.1, 0.15) is 39.3 Å². The van der Waals surface area contributed by atoms with E-state index in [1.807, 2.05) is 27.7 Å². The van der Waals surface area contributed by atoms with E-state index < -0.39 is 0 Å². The molecule has 4 nitrogen and oxygen atoms in total. The lowest BCUT2D eigenvalue weighted by molar-refractivity contribution is -0.127. The number of morpholine rings is 1. The lowest BCUT2D eigenvalue weighted by atomic mass is 9.96. The first-order valence-electron chi connectivity index (χ1n) is 8.27. The smallest absolute Gasteiger partial charge is 0.234 e. The van der Waals surface area contributed by atoms with Crippen LogP contribution in [-0.4, -0.2) is 42.6 Å². The number of amides is 1. The quantitative estimate of drug-likeness (QED) is 0.906. The Bertz CT molecular complexity index is 508. The van der Waals surface area contributed by atoms with E-state index in [9.17, 15) is 9.18 Å². The van der Waals surface area contributed by atoms with Gasteiger partial charge in [-0.25, -0.2) is 4.39 Å².